The zero-order valence-corrected chi connectivity index (χ0v) is 9.27. The summed E-state index contributed by atoms with van der Waals surface area (Å²) in [7, 11) is 0. The monoisotopic (exact) mass is 209 g/mol. The van der Waals surface area contributed by atoms with Gasteiger partial charge < -0.3 is 4.79 Å². The highest BCUT2D eigenvalue weighted by Gasteiger charge is 2.21. The average Bonchev–Trinajstić information content (AvgIpc) is 2.46. The lowest BCUT2D eigenvalue weighted by Gasteiger charge is -2.22. The molecule has 0 aliphatic heterocycles. The fourth-order valence-electron chi connectivity index (χ4n) is 1.61. The van der Waals surface area contributed by atoms with Crippen molar-refractivity contribution in [3.63, 3.8) is 0 Å². The molecule has 0 N–H and O–H groups in total. The lowest BCUT2D eigenvalue weighted by molar-refractivity contribution is -0.116. The van der Waals surface area contributed by atoms with Crippen LogP contribution in [0, 0.1) is 0 Å². The molecule has 2 nitrogen and oxygen atoms in total. The predicted octanol–water partition coefficient (Wildman–Crippen LogP) is 2.93. The van der Waals surface area contributed by atoms with Crippen molar-refractivity contribution >= 4 is 17.1 Å². The molecular weight excluding hydrogens is 194 g/mol. The summed E-state index contributed by atoms with van der Waals surface area (Å²) >= 11 is 1.71. The Bertz CT molecular complexity index is 328. The molecule has 0 radical (unpaired) electrons. The van der Waals surface area contributed by atoms with Gasteiger partial charge in [-0.3, -0.25) is 0 Å². The van der Waals surface area contributed by atoms with Crippen LogP contribution in [0.5, 0.6) is 0 Å². The first kappa shape index (κ1) is 9.84. The van der Waals surface area contributed by atoms with Gasteiger partial charge >= 0.3 is 0 Å². The third-order valence-corrected chi connectivity index (χ3v) is 3.71. The van der Waals surface area contributed by atoms with Gasteiger partial charge in [0.05, 0.1) is 10.7 Å². The highest BCUT2D eigenvalue weighted by molar-refractivity contribution is 7.09. The summed E-state index contributed by atoms with van der Waals surface area (Å²) in [5, 5.41) is 3.29. The number of hydrogen-bond acceptors (Lipinski definition) is 3. The second kappa shape index (κ2) is 4.22. The van der Waals surface area contributed by atoms with Crippen molar-refractivity contribution in [2.75, 3.05) is 0 Å². The molecule has 1 aliphatic carbocycles. The first-order chi connectivity index (χ1) is 6.75. The van der Waals surface area contributed by atoms with Crippen molar-refractivity contribution in [2.45, 2.75) is 44.9 Å². The number of aromatic nitrogens is 1. The van der Waals surface area contributed by atoms with E-state index >= 15 is 0 Å². The Kier molecular flexibility index (Phi) is 2.96. The summed E-state index contributed by atoms with van der Waals surface area (Å²) < 4.78 is 0. The highest BCUT2D eigenvalue weighted by atomic mass is 32.1. The van der Waals surface area contributed by atoms with Gasteiger partial charge in [-0.25, -0.2) is 4.98 Å². The van der Waals surface area contributed by atoms with Crippen LogP contribution in [0.3, 0.4) is 0 Å². The predicted molar refractivity (Wildman–Crippen MR) is 57.7 cm³/mol. The number of carbonyl (C=O) groups excluding carboxylic acids is 1. The summed E-state index contributed by atoms with van der Waals surface area (Å²) in [5.41, 5.74) is 1.26. The number of ketones is 1. The standard InChI is InChI=1S/C11H15NOS/c1-8(13)5-6-11-12-10(7-14-11)9-3-2-4-9/h7,9H,2-6H2,1H3. The minimum Gasteiger partial charge on any atom is -0.300 e. The van der Waals surface area contributed by atoms with Gasteiger partial charge in [0.2, 0.25) is 0 Å². The van der Waals surface area contributed by atoms with E-state index in [0.717, 1.165) is 17.3 Å². The Morgan fingerprint density at radius 3 is 3.00 bits per heavy atom. The van der Waals surface area contributed by atoms with E-state index in [0.29, 0.717) is 6.42 Å². The topological polar surface area (TPSA) is 30.0 Å². The van der Waals surface area contributed by atoms with Crippen LogP contribution in [0.4, 0.5) is 0 Å². The van der Waals surface area contributed by atoms with Crippen LogP contribution in [-0.2, 0) is 11.2 Å². The molecule has 3 heteroatoms. The molecule has 0 atom stereocenters. The lowest BCUT2D eigenvalue weighted by atomic mass is 9.83. The molecule has 0 saturated heterocycles. The normalized spacial score (nSPS) is 16.6. The van der Waals surface area contributed by atoms with Gasteiger partial charge in [-0.2, -0.15) is 0 Å². The van der Waals surface area contributed by atoms with Crippen molar-refractivity contribution in [2.24, 2.45) is 0 Å². The second-order valence-electron chi connectivity index (χ2n) is 4.00. The SMILES string of the molecule is CC(=O)CCc1nc(C2CCC2)cs1. The Morgan fingerprint density at radius 1 is 1.64 bits per heavy atom. The first-order valence-electron chi connectivity index (χ1n) is 5.19. The molecule has 0 aromatic carbocycles. The fraction of sp³-hybridized carbons (Fsp3) is 0.636. The summed E-state index contributed by atoms with van der Waals surface area (Å²) in [4.78, 5) is 15.4. The average molecular weight is 209 g/mol. The molecule has 1 aromatic rings. The smallest absolute Gasteiger partial charge is 0.130 e. The van der Waals surface area contributed by atoms with Crippen molar-refractivity contribution < 1.29 is 4.79 Å². The number of Topliss-reactive ketones (excluding diaryl/α,β-unsaturated/α-hetero) is 1. The molecule has 0 amide bonds. The quantitative estimate of drug-likeness (QED) is 0.763. The van der Waals surface area contributed by atoms with Crippen LogP contribution in [0.2, 0.25) is 0 Å². The summed E-state index contributed by atoms with van der Waals surface area (Å²) in [6.45, 7) is 1.64. The Balaban J connectivity index is 1.92. The van der Waals surface area contributed by atoms with Gasteiger partial charge in [0.25, 0.3) is 0 Å². The Morgan fingerprint density at radius 2 is 2.43 bits per heavy atom. The van der Waals surface area contributed by atoms with Gasteiger partial charge in [0.15, 0.2) is 0 Å². The third kappa shape index (κ3) is 2.21. The van der Waals surface area contributed by atoms with E-state index in [1.54, 1.807) is 18.3 Å². The van der Waals surface area contributed by atoms with Crippen LogP contribution in [0.1, 0.15) is 49.2 Å². The van der Waals surface area contributed by atoms with Gasteiger partial charge in [-0.05, 0) is 19.8 Å². The largest absolute Gasteiger partial charge is 0.300 e. The minimum atomic E-state index is 0.255. The molecule has 2 rings (SSSR count). The molecule has 1 fully saturated rings. The van der Waals surface area contributed by atoms with Gasteiger partial charge in [0.1, 0.15) is 5.78 Å². The fourth-order valence-corrected chi connectivity index (χ4v) is 2.49. The number of thiazole rings is 1. The molecule has 14 heavy (non-hydrogen) atoms. The van der Waals surface area contributed by atoms with E-state index in [1.165, 1.54) is 25.0 Å². The molecule has 76 valence electrons. The van der Waals surface area contributed by atoms with Gasteiger partial charge in [0, 0.05) is 24.1 Å². The number of nitrogens with zero attached hydrogens (tertiary/aromatic N) is 1. The van der Waals surface area contributed by atoms with Crippen molar-refractivity contribution in [1.29, 1.82) is 0 Å². The number of hydrogen-bond donors (Lipinski definition) is 0. The van der Waals surface area contributed by atoms with Crippen LogP contribution in [-0.4, -0.2) is 10.8 Å². The highest BCUT2D eigenvalue weighted by Crippen LogP contribution is 2.36. The number of carbonyl (C=O) groups is 1. The molecule has 1 heterocycles. The summed E-state index contributed by atoms with van der Waals surface area (Å²) in [6.07, 6.45) is 5.42. The van der Waals surface area contributed by atoms with E-state index < -0.39 is 0 Å². The van der Waals surface area contributed by atoms with Crippen molar-refractivity contribution in [3.05, 3.63) is 16.1 Å². The minimum absolute atomic E-state index is 0.255. The van der Waals surface area contributed by atoms with Crippen molar-refractivity contribution in [1.82, 2.24) is 4.98 Å². The Labute approximate surface area is 88.4 Å². The number of aryl methyl sites for hydroxylation is 1. The van der Waals surface area contributed by atoms with Crippen LogP contribution in [0.15, 0.2) is 5.38 Å². The maximum Gasteiger partial charge on any atom is 0.130 e. The summed E-state index contributed by atoms with van der Waals surface area (Å²) in [5.74, 6) is 0.975. The third-order valence-electron chi connectivity index (χ3n) is 2.78. The Hall–Kier alpha value is -0.700. The molecule has 0 spiro atoms. The maximum atomic E-state index is 10.8. The van der Waals surface area contributed by atoms with E-state index in [1.807, 2.05) is 0 Å². The van der Waals surface area contributed by atoms with E-state index in [9.17, 15) is 4.79 Å². The van der Waals surface area contributed by atoms with Crippen molar-refractivity contribution in [3.8, 4) is 0 Å². The zero-order chi connectivity index (χ0) is 9.97. The first-order valence-corrected chi connectivity index (χ1v) is 6.07. The van der Waals surface area contributed by atoms with Crippen LogP contribution < -0.4 is 0 Å². The molecular formula is C11H15NOS. The van der Waals surface area contributed by atoms with E-state index in [-0.39, 0.29) is 5.78 Å². The van der Waals surface area contributed by atoms with E-state index in [2.05, 4.69) is 10.4 Å². The molecule has 1 aromatic heterocycles. The molecule has 0 unspecified atom stereocenters. The zero-order valence-electron chi connectivity index (χ0n) is 8.45. The second-order valence-corrected chi connectivity index (χ2v) is 4.94. The molecule has 1 saturated carbocycles. The lowest BCUT2D eigenvalue weighted by Crippen LogP contribution is -2.09. The maximum absolute atomic E-state index is 10.8. The summed E-state index contributed by atoms with van der Waals surface area (Å²) in [6, 6.07) is 0. The molecule has 1 aliphatic rings. The van der Waals surface area contributed by atoms with Gasteiger partial charge in [-0.15, -0.1) is 11.3 Å². The van der Waals surface area contributed by atoms with Crippen LogP contribution in [0.25, 0.3) is 0 Å². The number of rotatable bonds is 4. The van der Waals surface area contributed by atoms with E-state index in [4.69, 9.17) is 0 Å². The molecule has 0 bridgehead atoms. The van der Waals surface area contributed by atoms with Gasteiger partial charge in [-0.1, -0.05) is 6.42 Å². The van der Waals surface area contributed by atoms with Crippen LogP contribution >= 0.6 is 11.3 Å².